The molecule has 1 aromatic carbocycles. The minimum absolute atomic E-state index is 0.0129. The van der Waals surface area contributed by atoms with Crippen LogP contribution in [0, 0.1) is 5.92 Å². The number of benzene rings is 1. The number of nitrogens with one attached hydrogen (secondary N) is 3. The van der Waals surface area contributed by atoms with Gasteiger partial charge < -0.3 is 16.0 Å². The summed E-state index contributed by atoms with van der Waals surface area (Å²) in [6, 6.07) is 7.26. The maximum absolute atomic E-state index is 11.9. The zero-order valence-corrected chi connectivity index (χ0v) is 14.1. The minimum Gasteiger partial charge on any atom is -0.355 e. The van der Waals surface area contributed by atoms with Crippen LogP contribution in [0.25, 0.3) is 0 Å². The van der Waals surface area contributed by atoms with Gasteiger partial charge in [-0.1, -0.05) is 22.0 Å². The molecule has 3 N–H and O–H groups in total. The predicted octanol–water partition coefficient (Wildman–Crippen LogP) is 1.68. The fourth-order valence-corrected chi connectivity index (χ4v) is 2.42. The standard InChI is InChI=1S/C16H22BrN3O2/c17-14-4-1-3-13(9-14)16(22)20-8-2-7-19-15(21)11-18-10-12-5-6-12/h1,3-4,9,12,18H,2,5-8,10-11H2,(H,19,21)(H,20,22). The first-order chi connectivity index (χ1) is 10.6. The third-order valence-electron chi connectivity index (χ3n) is 3.46. The predicted molar refractivity (Wildman–Crippen MR) is 89.7 cm³/mol. The number of carbonyl (C=O) groups is 2. The van der Waals surface area contributed by atoms with Gasteiger partial charge in [-0.05, 0) is 49.9 Å². The highest BCUT2D eigenvalue weighted by atomic mass is 79.9. The molecule has 1 fully saturated rings. The average molecular weight is 368 g/mol. The molecule has 5 nitrogen and oxygen atoms in total. The normalized spacial score (nSPS) is 13.7. The van der Waals surface area contributed by atoms with Crippen LogP contribution in [0.2, 0.25) is 0 Å². The van der Waals surface area contributed by atoms with Gasteiger partial charge in [-0.2, -0.15) is 0 Å². The number of hydrogen-bond acceptors (Lipinski definition) is 3. The van der Waals surface area contributed by atoms with E-state index in [-0.39, 0.29) is 11.8 Å². The van der Waals surface area contributed by atoms with Gasteiger partial charge in [0.05, 0.1) is 6.54 Å². The Kier molecular flexibility index (Phi) is 6.86. The van der Waals surface area contributed by atoms with Gasteiger partial charge in [-0.15, -0.1) is 0 Å². The van der Waals surface area contributed by atoms with E-state index in [4.69, 9.17) is 0 Å². The third kappa shape index (κ3) is 6.58. The zero-order valence-electron chi connectivity index (χ0n) is 12.5. The molecule has 0 bridgehead atoms. The molecule has 1 aromatic rings. The van der Waals surface area contributed by atoms with Crippen LogP contribution >= 0.6 is 15.9 Å². The van der Waals surface area contributed by atoms with Crippen LogP contribution in [0.4, 0.5) is 0 Å². The quantitative estimate of drug-likeness (QED) is 0.581. The van der Waals surface area contributed by atoms with E-state index in [1.54, 1.807) is 12.1 Å². The summed E-state index contributed by atoms with van der Waals surface area (Å²) in [6.45, 7) is 2.43. The van der Waals surface area contributed by atoms with Crippen molar-refractivity contribution >= 4 is 27.7 Å². The van der Waals surface area contributed by atoms with Crippen molar-refractivity contribution in [2.75, 3.05) is 26.2 Å². The van der Waals surface area contributed by atoms with Gasteiger partial charge >= 0.3 is 0 Å². The summed E-state index contributed by atoms with van der Waals surface area (Å²) in [5, 5.41) is 8.83. The highest BCUT2D eigenvalue weighted by Gasteiger charge is 2.20. The lowest BCUT2D eigenvalue weighted by Gasteiger charge is -2.08. The van der Waals surface area contributed by atoms with E-state index in [9.17, 15) is 9.59 Å². The van der Waals surface area contributed by atoms with Gasteiger partial charge in [0.1, 0.15) is 0 Å². The van der Waals surface area contributed by atoms with Crippen LogP contribution < -0.4 is 16.0 Å². The third-order valence-corrected chi connectivity index (χ3v) is 3.96. The van der Waals surface area contributed by atoms with Crippen LogP contribution in [0.5, 0.6) is 0 Å². The summed E-state index contributed by atoms with van der Waals surface area (Å²) in [5.74, 6) is 0.693. The van der Waals surface area contributed by atoms with Crippen molar-refractivity contribution < 1.29 is 9.59 Å². The highest BCUT2D eigenvalue weighted by Crippen LogP contribution is 2.27. The molecule has 0 heterocycles. The van der Waals surface area contributed by atoms with Gasteiger partial charge in [-0.3, -0.25) is 9.59 Å². The smallest absolute Gasteiger partial charge is 0.251 e. The van der Waals surface area contributed by atoms with Gasteiger partial charge in [0, 0.05) is 23.1 Å². The monoisotopic (exact) mass is 367 g/mol. The first kappa shape index (κ1) is 17.0. The Balaban J connectivity index is 1.51. The first-order valence-electron chi connectivity index (χ1n) is 7.66. The molecule has 22 heavy (non-hydrogen) atoms. The van der Waals surface area contributed by atoms with Crippen molar-refractivity contribution in [3.63, 3.8) is 0 Å². The number of carbonyl (C=O) groups excluding carboxylic acids is 2. The second-order valence-electron chi connectivity index (χ2n) is 5.54. The molecule has 1 aliphatic rings. The molecule has 0 aromatic heterocycles. The molecular weight excluding hydrogens is 346 g/mol. The minimum atomic E-state index is -0.0984. The van der Waals surface area contributed by atoms with Crippen LogP contribution in [0.3, 0.4) is 0 Å². The number of amides is 2. The lowest BCUT2D eigenvalue weighted by atomic mass is 10.2. The molecule has 0 saturated heterocycles. The summed E-state index contributed by atoms with van der Waals surface area (Å²) < 4.78 is 0.881. The molecule has 1 aliphatic carbocycles. The Bertz CT molecular complexity index is 518. The molecule has 0 radical (unpaired) electrons. The Morgan fingerprint density at radius 3 is 2.68 bits per heavy atom. The summed E-state index contributed by atoms with van der Waals surface area (Å²) in [6.07, 6.45) is 3.28. The molecular formula is C16H22BrN3O2. The van der Waals surface area contributed by atoms with Gasteiger partial charge in [-0.25, -0.2) is 0 Å². The van der Waals surface area contributed by atoms with E-state index in [1.807, 2.05) is 12.1 Å². The average Bonchev–Trinajstić information content (AvgIpc) is 3.31. The molecule has 0 atom stereocenters. The Morgan fingerprint density at radius 1 is 1.18 bits per heavy atom. The topological polar surface area (TPSA) is 70.2 Å². The van der Waals surface area contributed by atoms with Crippen molar-refractivity contribution in [3.05, 3.63) is 34.3 Å². The van der Waals surface area contributed by atoms with E-state index < -0.39 is 0 Å². The highest BCUT2D eigenvalue weighted by molar-refractivity contribution is 9.10. The SMILES string of the molecule is O=C(CNCC1CC1)NCCCNC(=O)c1cccc(Br)c1. The summed E-state index contributed by atoms with van der Waals surface area (Å²) >= 11 is 3.34. The van der Waals surface area contributed by atoms with Gasteiger partial charge in [0.2, 0.25) is 5.91 Å². The van der Waals surface area contributed by atoms with Gasteiger partial charge in [0.25, 0.3) is 5.91 Å². The van der Waals surface area contributed by atoms with E-state index in [2.05, 4.69) is 31.9 Å². The maximum Gasteiger partial charge on any atom is 0.251 e. The zero-order chi connectivity index (χ0) is 15.8. The molecule has 0 spiro atoms. The van der Waals surface area contributed by atoms with Gasteiger partial charge in [0.15, 0.2) is 0 Å². The van der Waals surface area contributed by atoms with Crippen LogP contribution in [-0.2, 0) is 4.79 Å². The van der Waals surface area contributed by atoms with Crippen LogP contribution in [0.1, 0.15) is 29.6 Å². The van der Waals surface area contributed by atoms with E-state index in [1.165, 1.54) is 12.8 Å². The lowest BCUT2D eigenvalue weighted by molar-refractivity contribution is -0.120. The number of halogens is 1. The largest absolute Gasteiger partial charge is 0.355 e. The first-order valence-corrected chi connectivity index (χ1v) is 8.45. The van der Waals surface area contributed by atoms with Crippen molar-refractivity contribution in [2.24, 2.45) is 5.92 Å². The molecule has 2 rings (SSSR count). The molecule has 1 saturated carbocycles. The van der Waals surface area contributed by atoms with Crippen molar-refractivity contribution in [1.29, 1.82) is 0 Å². The van der Waals surface area contributed by atoms with E-state index in [0.717, 1.165) is 16.9 Å². The molecule has 6 heteroatoms. The Labute approximate surface area is 139 Å². The summed E-state index contributed by atoms with van der Waals surface area (Å²) in [5.41, 5.74) is 0.627. The number of hydrogen-bond donors (Lipinski definition) is 3. The van der Waals surface area contributed by atoms with E-state index in [0.29, 0.717) is 31.6 Å². The molecule has 120 valence electrons. The Morgan fingerprint density at radius 2 is 1.95 bits per heavy atom. The Hall–Kier alpha value is -1.40. The summed E-state index contributed by atoms with van der Waals surface area (Å²) in [7, 11) is 0. The van der Waals surface area contributed by atoms with E-state index >= 15 is 0 Å². The van der Waals surface area contributed by atoms with Crippen molar-refractivity contribution in [3.8, 4) is 0 Å². The second-order valence-corrected chi connectivity index (χ2v) is 6.46. The fourth-order valence-electron chi connectivity index (χ4n) is 2.02. The van der Waals surface area contributed by atoms with Crippen LogP contribution in [0.15, 0.2) is 28.7 Å². The molecule has 0 unspecified atom stereocenters. The van der Waals surface area contributed by atoms with Crippen molar-refractivity contribution in [1.82, 2.24) is 16.0 Å². The van der Waals surface area contributed by atoms with Crippen molar-refractivity contribution in [2.45, 2.75) is 19.3 Å². The molecule has 2 amide bonds. The fraction of sp³-hybridized carbons (Fsp3) is 0.500. The maximum atomic E-state index is 11.9. The lowest BCUT2D eigenvalue weighted by Crippen LogP contribution is -2.36. The number of rotatable bonds is 9. The van der Waals surface area contributed by atoms with Crippen LogP contribution in [-0.4, -0.2) is 38.0 Å². The summed E-state index contributed by atoms with van der Waals surface area (Å²) in [4.78, 5) is 23.4. The second kappa shape index (κ2) is 8.90. The molecule has 0 aliphatic heterocycles.